The Labute approximate surface area is 205 Å². The fraction of sp³-hybridized carbons (Fsp3) is 0.385. The first-order valence-corrected chi connectivity index (χ1v) is 12.1. The minimum atomic E-state index is -0.448. The van der Waals surface area contributed by atoms with Crippen LogP contribution in [0.5, 0.6) is 0 Å². The van der Waals surface area contributed by atoms with E-state index in [4.69, 9.17) is 11.5 Å². The topological polar surface area (TPSA) is 145 Å². The van der Waals surface area contributed by atoms with Gasteiger partial charge < -0.3 is 22.1 Å². The van der Waals surface area contributed by atoms with Crippen LogP contribution in [0, 0.1) is 22.0 Å². The van der Waals surface area contributed by atoms with Crippen molar-refractivity contribution in [3.63, 3.8) is 0 Å². The second-order valence-corrected chi connectivity index (χ2v) is 9.15. The lowest BCUT2D eigenvalue weighted by atomic mass is 9.82. The predicted molar refractivity (Wildman–Crippen MR) is 139 cm³/mol. The Hall–Kier alpha value is -3.56. The summed E-state index contributed by atoms with van der Waals surface area (Å²) in [6, 6.07) is 16.4. The number of rotatable bonds is 10. The van der Waals surface area contributed by atoms with Gasteiger partial charge in [-0.3, -0.25) is 10.1 Å². The average molecular weight is 476 g/mol. The van der Waals surface area contributed by atoms with Crippen molar-refractivity contribution in [1.82, 2.24) is 9.97 Å². The smallest absolute Gasteiger partial charge is 0.329 e. The van der Waals surface area contributed by atoms with Gasteiger partial charge in [-0.05, 0) is 78.5 Å². The second kappa shape index (κ2) is 11.7. The molecular weight excluding hydrogens is 442 g/mol. The van der Waals surface area contributed by atoms with Crippen molar-refractivity contribution in [1.29, 1.82) is 0 Å². The largest absolute Gasteiger partial charge is 0.364 e. The van der Waals surface area contributed by atoms with Crippen LogP contribution in [-0.4, -0.2) is 28.0 Å². The molecule has 1 aromatic heterocycles. The molecule has 3 aromatic rings. The summed E-state index contributed by atoms with van der Waals surface area (Å²) in [5.74, 6) is 1.66. The fourth-order valence-electron chi connectivity index (χ4n) is 4.56. The van der Waals surface area contributed by atoms with Gasteiger partial charge in [0.05, 0.1) is 4.92 Å². The highest BCUT2D eigenvalue weighted by Gasteiger charge is 2.22. The van der Waals surface area contributed by atoms with E-state index in [9.17, 15) is 10.1 Å². The number of nitrogens with zero attached hydrogens (tertiary/aromatic N) is 3. The van der Waals surface area contributed by atoms with Gasteiger partial charge in [-0.25, -0.2) is 4.98 Å². The molecule has 6 N–H and O–H groups in total. The number of benzene rings is 2. The van der Waals surface area contributed by atoms with E-state index in [1.807, 2.05) is 24.3 Å². The van der Waals surface area contributed by atoms with Crippen molar-refractivity contribution in [2.24, 2.45) is 23.3 Å². The molecule has 0 bridgehead atoms. The van der Waals surface area contributed by atoms with Crippen LogP contribution in [0.4, 0.5) is 17.5 Å². The number of hydrogen-bond acceptors (Lipinski definition) is 8. The highest BCUT2D eigenvalue weighted by Crippen LogP contribution is 2.30. The predicted octanol–water partition coefficient (Wildman–Crippen LogP) is 4.30. The monoisotopic (exact) mass is 475 g/mol. The molecular formula is C26H33N7O2. The number of hydrogen-bond donors (Lipinski definition) is 4. The van der Waals surface area contributed by atoms with Crippen molar-refractivity contribution in [2.45, 2.75) is 38.8 Å². The Kier molecular flexibility index (Phi) is 8.23. The summed E-state index contributed by atoms with van der Waals surface area (Å²) in [5.41, 5.74) is 15.8. The summed E-state index contributed by atoms with van der Waals surface area (Å²) >= 11 is 0. The summed E-state index contributed by atoms with van der Waals surface area (Å²) in [4.78, 5) is 19.6. The van der Waals surface area contributed by atoms with E-state index in [1.165, 1.54) is 6.20 Å². The summed E-state index contributed by atoms with van der Waals surface area (Å²) in [6.45, 7) is 2.37. The molecule has 9 heteroatoms. The summed E-state index contributed by atoms with van der Waals surface area (Å²) in [7, 11) is 0. The Bertz CT molecular complexity index is 1150. The van der Waals surface area contributed by atoms with Crippen LogP contribution in [0.1, 0.15) is 36.8 Å². The molecule has 0 saturated heterocycles. The van der Waals surface area contributed by atoms with Crippen molar-refractivity contribution >= 4 is 17.5 Å². The maximum atomic E-state index is 11.5. The van der Waals surface area contributed by atoms with E-state index in [2.05, 4.69) is 44.9 Å². The van der Waals surface area contributed by atoms with Crippen LogP contribution in [0.15, 0.2) is 54.7 Å². The third-order valence-corrected chi connectivity index (χ3v) is 6.70. The van der Waals surface area contributed by atoms with Gasteiger partial charge in [0.15, 0.2) is 0 Å². The molecule has 184 valence electrons. The molecule has 0 unspecified atom stereocenters. The minimum absolute atomic E-state index is 0.118. The third kappa shape index (κ3) is 6.52. The minimum Gasteiger partial charge on any atom is -0.364 e. The lowest BCUT2D eigenvalue weighted by Gasteiger charge is -2.27. The molecule has 0 aliphatic heterocycles. The number of anilines is 2. The van der Waals surface area contributed by atoms with Crippen LogP contribution < -0.4 is 22.1 Å². The normalized spacial score (nSPS) is 17.7. The van der Waals surface area contributed by atoms with Crippen molar-refractivity contribution < 1.29 is 4.92 Å². The van der Waals surface area contributed by atoms with Crippen LogP contribution in [-0.2, 0) is 13.1 Å². The fourth-order valence-corrected chi connectivity index (χ4v) is 4.56. The molecule has 1 saturated carbocycles. The van der Waals surface area contributed by atoms with Crippen LogP contribution >= 0.6 is 0 Å². The molecule has 0 amide bonds. The van der Waals surface area contributed by atoms with E-state index in [1.54, 1.807) is 0 Å². The molecule has 35 heavy (non-hydrogen) atoms. The highest BCUT2D eigenvalue weighted by molar-refractivity contribution is 5.65. The molecule has 1 fully saturated rings. The van der Waals surface area contributed by atoms with E-state index in [0.29, 0.717) is 37.4 Å². The first-order valence-electron chi connectivity index (χ1n) is 12.1. The van der Waals surface area contributed by atoms with Gasteiger partial charge in [-0.1, -0.05) is 36.4 Å². The maximum absolute atomic E-state index is 11.5. The first-order chi connectivity index (χ1) is 17.1. The first kappa shape index (κ1) is 24.6. The van der Waals surface area contributed by atoms with Gasteiger partial charge in [0, 0.05) is 19.6 Å². The van der Waals surface area contributed by atoms with Crippen molar-refractivity contribution in [2.75, 3.05) is 23.7 Å². The summed E-state index contributed by atoms with van der Waals surface area (Å²) in [6.07, 6.45) is 5.62. The summed E-state index contributed by atoms with van der Waals surface area (Å²) in [5, 5.41) is 17.9. The summed E-state index contributed by atoms with van der Waals surface area (Å²) < 4.78 is 0. The van der Waals surface area contributed by atoms with Gasteiger partial charge in [0.25, 0.3) is 0 Å². The molecule has 1 aliphatic rings. The van der Waals surface area contributed by atoms with Crippen LogP contribution in [0.25, 0.3) is 11.1 Å². The van der Waals surface area contributed by atoms with Gasteiger partial charge in [0.1, 0.15) is 6.20 Å². The van der Waals surface area contributed by atoms with Crippen LogP contribution in [0.3, 0.4) is 0 Å². The maximum Gasteiger partial charge on any atom is 0.329 e. The third-order valence-electron chi connectivity index (χ3n) is 6.70. The standard InChI is InChI=1S/C26H33N7O2/c27-13-18-7-9-19(10-8-18)15-29-25-24(33(34)35)17-31-26(32-25)30-16-21-4-2-6-23(12-21)22-5-1-3-20(11-22)14-28/h1-6,11-12,17-19H,7-10,13-16,27-28H2,(H2,29,30,31,32)/t18-,19-. The Morgan fingerprint density at radius 3 is 2.26 bits per heavy atom. The van der Waals surface area contributed by atoms with E-state index in [-0.39, 0.29) is 11.5 Å². The molecule has 1 aliphatic carbocycles. The van der Waals surface area contributed by atoms with Crippen molar-refractivity contribution in [3.05, 3.63) is 76.0 Å². The SMILES string of the molecule is NCc1cccc(-c2cccc(CNc3ncc([N+](=O)[O-])c(NC[C@H]4CC[C@H](CN)CC4)n3)c2)c1. The highest BCUT2D eigenvalue weighted by atomic mass is 16.6. The molecule has 0 spiro atoms. The molecule has 9 nitrogen and oxygen atoms in total. The van der Waals surface area contributed by atoms with E-state index in [0.717, 1.165) is 54.5 Å². The van der Waals surface area contributed by atoms with Gasteiger partial charge in [0.2, 0.25) is 11.8 Å². The Morgan fingerprint density at radius 1 is 0.943 bits per heavy atom. The van der Waals surface area contributed by atoms with Gasteiger partial charge in [-0.15, -0.1) is 0 Å². The molecule has 2 aromatic carbocycles. The number of nitrogens with two attached hydrogens (primary N) is 2. The Morgan fingerprint density at radius 2 is 1.60 bits per heavy atom. The number of aromatic nitrogens is 2. The Balaban J connectivity index is 1.42. The second-order valence-electron chi connectivity index (χ2n) is 9.15. The van der Waals surface area contributed by atoms with Gasteiger partial charge >= 0.3 is 5.69 Å². The zero-order chi connectivity index (χ0) is 24.6. The number of nitrogens with one attached hydrogen (secondary N) is 2. The van der Waals surface area contributed by atoms with E-state index < -0.39 is 4.92 Å². The van der Waals surface area contributed by atoms with Crippen LogP contribution in [0.2, 0.25) is 0 Å². The van der Waals surface area contributed by atoms with Crippen molar-refractivity contribution in [3.8, 4) is 11.1 Å². The molecule has 4 rings (SSSR count). The lowest BCUT2D eigenvalue weighted by Crippen LogP contribution is -2.25. The number of nitro groups is 1. The van der Waals surface area contributed by atoms with E-state index >= 15 is 0 Å². The quantitative estimate of drug-likeness (QED) is 0.251. The van der Waals surface area contributed by atoms with Gasteiger partial charge in [-0.2, -0.15) is 4.98 Å². The lowest BCUT2D eigenvalue weighted by molar-refractivity contribution is -0.384. The zero-order valence-corrected chi connectivity index (χ0v) is 19.8. The molecule has 0 atom stereocenters. The molecule has 0 radical (unpaired) electrons. The average Bonchev–Trinajstić information content (AvgIpc) is 2.91. The zero-order valence-electron chi connectivity index (χ0n) is 19.8. The molecule has 1 heterocycles.